The first-order chi connectivity index (χ1) is 9.51. The van der Waals surface area contributed by atoms with E-state index < -0.39 is 50.6 Å². The average Bonchev–Trinajstić information content (AvgIpc) is 2.24. The molecule has 0 rings (SSSR count). The van der Waals surface area contributed by atoms with Crippen LogP contribution in [-0.2, 0) is 43.2 Å². The average molecular weight is 336 g/mol. The molecule has 0 heterocycles. The molecular weight excluding hydrogens is 312 g/mol. The van der Waals surface area contributed by atoms with Gasteiger partial charge in [0.25, 0.3) is 0 Å². The summed E-state index contributed by atoms with van der Waals surface area (Å²) in [6.07, 6.45) is -1.61. The van der Waals surface area contributed by atoms with Gasteiger partial charge in [0.1, 0.15) is 0 Å². The summed E-state index contributed by atoms with van der Waals surface area (Å²) in [6, 6.07) is 0. The van der Waals surface area contributed by atoms with Gasteiger partial charge in [-0.25, -0.2) is 0 Å². The predicted octanol–water partition coefficient (Wildman–Crippen LogP) is 1.83. The van der Waals surface area contributed by atoms with Gasteiger partial charge in [-0.2, -0.15) is 0 Å². The van der Waals surface area contributed by atoms with Crippen LogP contribution in [0, 0.1) is 0 Å². The number of carbonyl (C=O) groups excluding carboxylic acids is 4. The van der Waals surface area contributed by atoms with Crippen molar-refractivity contribution in [1.29, 1.82) is 0 Å². The second-order valence-electron chi connectivity index (χ2n) is 5.55. The summed E-state index contributed by atoms with van der Waals surface area (Å²) in [5.74, 6) is -0.712. The summed E-state index contributed by atoms with van der Waals surface area (Å²) < 4.78 is 10.1. The van der Waals surface area contributed by atoms with Gasteiger partial charge in [-0.3, -0.25) is 0 Å². The molecule has 0 N–H and O–H groups in total. The van der Waals surface area contributed by atoms with E-state index in [-0.39, 0.29) is 11.6 Å². The molecule has 0 aromatic heterocycles. The van der Waals surface area contributed by atoms with Gasteiger partial charge in [-0.05, 0) is 0 Å². The van der Waals surface area contributed by atoms with Gasteiger partial charge >= 0.3 is 130 Å². The van der Waals surface area contributed by atoms with Crippen LogP contribution in [0.15, 0.2) is 0 Å². The summed E-state index contributed by atoms with van der Waals surface area (Å²) in [5.41, 5.74) is 0. The maximum atomic E-state index is 12.4. The Kier molecular flexibility index (Phi) is 8.40. The van der Waals surface area contributed by atoms with Crippen molar-refractivity contribution >= 4 is 19.7 Å². The number of carbonyl (C=O) groups is 4. The summed E-state index contributed by atoms with van der Waals surface area (Å²) >= 11 is -4.60. The monoisotopic (exact) mass is 336 g/mol. The number of ketones is 2. The fraction of sp³-hybridized carbons (Fsp3) is 0.714. The first kappa shape index (κ1) is 20.3. The standard InChI is InChI=1S/2C4H5O2.2C3H7O.Ti/c2*1-4(6)2-3-5;2*1-3(2)4;/h2*2H2,1H3;2*3H,1-2H3;/q;;2*-1;+2. The Labute approximate surface area is 129 Å². The van der Waals surface area contributed by atoms with Gasteiger partial charge in [-0.1, -0.05) is 0 Å². The van der Waals surface area contributed by atoms with Crippen molar-refractivity contribution in [3.8, 4) is 0 Å². The van der Waals surface area contributed by atoms with Crippen LogP contribution in [0.1, 0.15) is 54.4 Å². The molecule has 0 bridgehead atoms. The minimum atomic E-state index is -4.60. The normalized spacial score (nSPS) is 11.8. The van der Waals surface area contributed by atoms with Crippen LogP contribution in [0.5, 0.6) is 0 Å². The van der Waals surface area contributed by atoms with Crippen LogP contribution in [0.4, 0.5) is 0 Å². The Morgan fingerprint density at radius 2 is 1.05 bits per heavy atom. The van der Waals surface area contributed by atoms with Gasteiger partial charge < -0.3 is 0 Å². The maximum absolute atomic E-state index is 12.4. The molecule has 0 aliphatic carbocycles. The van der Waals surface area contributed by atoms with Gasteiger partial charge in [0, 0.05) is 0 Å². The van der Waals surface area contributed by atoms with E-state index in [9.17, 15) is 19.2 Å². The molecule has 120 valence electrons. The van der Waals surface area contributed by atoms with Crippen molar-refractivity contribution in [1.82, 2.24) is 0 Å². The second kappa shape index (κ2) is 8.68. The Bertz CT molecular complexity index is 387. The van der Waals surface area contributed by atoms with E-state index in [0.29, 0.717) is 0 Å². The molecule has 7 heteroatoms. The van der Waals surface area contributed by atoms with Crippen LogP contribution < -0.4 is 0 Å². The number of Topliss-reactive ketones (excluding diaryl/α,β-unsaturated/α-hetero) is 2. The van der Waals surface area contributed by atoms with E-state index in [1.165, 1.54) is 13.8 Å². The molecule has 0 saturated carbocycles. The molecule has 0 unspecified atom stereocenters. The van der Waals surface area contributed by atoms with E-state index >= 15 is 0 Å². The molecule has 0 fully saturated rings. The Hall–Kier alpha value is -0.686. The fourth-order valence-electron chi connectivity index (χ4n) is 1.79. The summed E-state index contributed by atoms with van der Waals surface area (Å²) in [5, 5.41) is 0. The van der Waals surface area contributed by atoms with Crippen molar-refractivity contribution in [3.05, 3.63) is 0 Å². The molecule has 0 radical (unpaired) electrons. The third-order valence-electron chi connectivity index (χ3n) is 2.36. The Balaban J connectivity index is 5.71. The summed E-state index contributed by atoms with van der Waals surface area (Å²) in [6.45, 7) is 9.28. The van der Waals surface area contributed by atoms with Crippen molar-refractivity contribution in [3.63, 3.8) is 0 Å². The van der Waals surface area contributed by atoms with E-state index in [1.54, 1.807) is 27.7 Å². The Morgan fingerprint density at radius 1 is 0.762 bits per heavy atom. The van der Waals surface area contributed by atoms with Crippen LogP contribution in [-0.4, -0.2) is 32.0 Å². The van der Waals surface area contributed by atoms with Crippen LogP contribution in [0.2, 0.25) is 0 Å². The van der Waals surface area contributed by atoms with Crippen molar-refractivity contribution in [2.24, 2.45) is 0 Å². The first-order valence-electron chi connectivity index (χ1n) is 6.92. The Morgan fingerprint density at radius 3 is 1.24 bits per heavy atom. The molecule has 21 heavy (non-hydrogen) atoms. The predicted molar refractivity (Wildman–Crippen MR) is 73.1 cm³/mol. The van der Waals surface area contributed by atoms with Crippen molar-refractivity contribution in [2.75, 3.05) is 0 Å². The zero-order chi connectivity index (χ0) is 16.8. The van der Waals surface area contributed by atoms with Crippen LogP contribution in [0.25, 0.3) is 0 Å². The third kappa shape index (κ3) is 6.74. The van der Waals surface area contributed by atoms with Crippen molar-refractivity contribution < 1.29 is 43.2 Å². The van der Waals surface area contributed by atoms with Crippen molar-refractivity contribution in [2.45, 2.75) is 66.6 Å². The van der Waals surface area contributed by atoms with E-state index in [4.69, 9.17) is 6.64 Å². The molecule has 0 aromatic carbocycles. The third-order valence-corrected chi connectivity index (χ3v) is 7.71. The summed E-state index contributed by atoms with van der Waals surface area (Å²) in [4.78, 5) is 47.4. The summed E-state index contributed by atoms with van der Waals surface area (Å²) in [7, 11) is 0. The SMILES string of the molecule is CC(=O)C[C](=O)[Ti]([O]C(C)C)([O]C(C)C)[C](=O)CC(C)=O. The molecule has 0 saturated heterocycles. The van der Waals surface area contributed by atoms with Crippen LogP contribution in [0.3, 0.4) is 0 Å². The molecule has 0 amide bonds. The fourth-order valence-corrected chi connectivity index (χ4v) is 6.77. The quantitative estimate of drug-likeness (QED) is 0.447. The number of hydrogen-bond acceptors (Lipinski definition) is 6. The number of hydrogen-bond donors (Lipinski definition) is 0. The minimum absolute atomic E-state index is 0.356. The molecule has 0 aromatic rings. The first-order valence-corrected chi connectivity index (χ1v) is 9.76. The van der Waals surface area contributed by atoms with Gasteiger partial charge in [-0.15, -0.1) is 0 Å². The zero-order valence-corrected chi connectivity index (χ0v) is 15.1. The second-order valence-corrected chi connectivity index (χ2v) is 9.96. The number of rotatable bonds is 10. The van der Waals surface area contributed by atoms with Crippen LogP contribution >= 0.6 is 0 Å². The molecule has 0 atom stereocenters. The van der Waals surface area contributed by atoms with Gasteiger partial charge in [0.15, 0.2) is 0 Å². The molecule has 0 spiro atoms. The topological polar surface area (TPSA) is 86.7 Å². The van der Waals surface area contributed by atoms with E-state index in [1.807, 2.05) is 0 Å². The van der Waals surface area contributed by atoms with Gasteiger partial charge in [0.05, 0.1) is 0 Å². The zero-order valence-electron chi connectivity index (χ0n) is 13.5. The molecule has 6 nitrogen and oxygen atoms in total. The van der Waals surface area contributed by atoms with Gasteiger partial charge in [0.2, 0.25) is 0 Å². The molecule has 0 aliphatic heterocycles. The van der Waals surface area contributed by atoms with E-state index in [0.717, 1.165) is 0 Å². The van der Waals surface area contributed by atoms with E-state index in [2.05, 4.69) is 0 Å². The molecular formula is C14H24O6Ti. The molecule has 0 aliphatic rings.